The molecular formula is C55H32N4O. The summed E-state index contributed by atoms with van der Waals surface area (Å²) >= 11 is 0. The first-order valence-electron chi connectivity index (χ1n) is 20.3. The van der Waals surface area contributed by atoms with E-state index in [1.807, 2.05) is 12.1 Å². The second kappa shape index (κ2) is 12.7. The summed E-state index contributed by atoms with van der Waals surface area (Å²) in [6.45, 7) is 0. The topological polar surface area (TPSA) is 56.7 Å². The monoisotopic (exact) mass is 764 g/mol. The van der Waals surface area contributed by atoms with Gasteiger partial charge in [-0.05, 0) is 79.2 Å². The van der Waals surface area contributed by atoms with Crippen molar-refractivity contribution in [2.75, 3.05) is 0 Å². The average Bonchev–Trinajstić information content (AvgIpc) is 3.88. The molecule has 0 aliphatic rings. The molecule has 5 nitrogen and oxygen atoms in total. The summed E-state index contributed by atoms with van der Waals surface area (Å²) in [7, 11) is 0. The van der Waals surface area contributed by atoms with Gasteiger partial charge in [-0.15, -0.1) is 0 Å². The van der Waals surface area contributed by atoms with Crippen LogP contribution in [0.2, 0.25) is 0 Å². The second-order valence-electron chi connectivity index (χ2n) is 15.6. The molecule has 0 fully saturated rings. The Morgan fingerprint density at radius 2 is 0.900 bits per heavy atom. The van der Waals surface area contributed by atoms with Crippen LogP contribution in [0.25, 0.3) is 127 Å². The lowest BCUT2D eigenvalue weighted by atomic mass is 10.00. The van der Waals surface area contributed by atoms with E-state index in [-0.39, 0.29) is 0 Å². The molecule has 0 unspecified atom stereocenters. The van der Waals surface area contributed by atoms with E-state index in [0.29, 0.717) is 17.6 Å². The molecule has 0 aliphatic heterocycles. The maximum Gasteiger partial charge on any atom is 0.238 e. The Morgan fingerprint density at radius 1 is 0.350 bits per heavy atom. The lowest BCUT2D eigenvalue weighted by Gasteiger charge is -2.12. The van der Waals surface area contributed by atoms with Gasteiger partial charge in [-0.25, -0.2) is 4.98 Å². The summed E-state index contributed by atoms with van der Waals surface area (Å²) in [6.07, 6.45) is 0. The molecule has 60 heavy (non-hydrogen) atoms. The van der Waals surface area contributed by atoms with E-state index in [2.05, 4.69) is 187 Å². The third kappa shape index (κ3) is 4.90. The normalized spacial score (nSPS) is 12.0. The molecule has 5 heteroatoms. The van der Waals surface area contributed by atoms with Crippen molar-refractivity contribution in [2.24, 2.45) is 0 Å². The summed E-state index contributed by atoms with van der Waals surface area (Å²) < 4.78 is 8.87. The van der Waals surface area contributed by atoms with Crippen LogP contribution in [0, 0.1) is 0 Å². The van der Waals surface area contributed by atoms with Gasteiger partial charge >= 0.3 is 0 Å². The van der Waals surface area contributed by atoms with E-state index in [9.17, 15) is 0 Å². The van der Waals surface area contributed by atoms with Gasteiger partial charge in [-0.1, -0.05) is 164 Å². The standard InChI is InChI=1S/C55H32N4O/c1-2-14-39-32-40(25-22-33(39)10-1)34-20-23-38(24-21-34)53-56-54(45-18-9-19-48-49(45)44-29-26-37-13-5-8-17-43(37)52(44)60-48)58-55(57-53)59-46-30-27-35-11-3-6-15-41(35)50(46)51-42-16-7-4-12-36(42)28-31-47(51)59/h1-32H. The van der Waals surface area contributed by atoms with Crippen LogP contribution in [0.4, 0.5) is 0 Å². The van der Waals surface area contributed by atoms with Gasteiger partial charge in [0.25, 0.3) is 0 Å². The Labute approximate surface area is 343 Å². The molecule has 0 saturated heterocycles. The molecule has 0 radical (unpaired) electrons. The van der Waals surface area contributed by atoms with Crippen LogP contribution in [0.5, 0.6) is 0 Å². The largest absolute Gasteiger partial charge is 0.455 e. The highest BCUT2D eigenvalue weighted by Gasteiger charge is 2.23. The van der Waals surface area contributed by atoms with Crippen molar-refractivity contribution in [3.05, 3.63) is 194 Å². The van der Waals surface area contributed by atoms with Gasteiger partial charge < -0.3 is 4.42 Å². The number of nitrogens with zero attached hydrogens (tertiary/aromatic N) is 4. The van der Waals surface area contributed by atoms with Crippen LogP contribution in [0.1, 0.15) is 0 Å². The van der Waals surface area contributed by atoms with Crippen LogP contribution in [-0.2, 0) is 0 Å². The molecule has 10 aromatic carbocycles. The van der Waals surface area contributed by atoms with Crippen molar-refractivity contribution < 1.29 is 4.42 Å². The van der Waals surface area contributed by atoms with Gasteiger partial charge in [-0.2, -0.15) is 9.97 Å². The average molecular weight is 765 g/mol. The van der Waals surface area contributed by atoms with Gasteiger partial charge in [0.05, 0.1) is 11.0 Å². The first kappa shape index (κ1) is 32.9. The fourth-order valence-corrected chi connectivity index (χ4v) is 9.40. The maximum absolute atomic E-state index is 6.65. The van der Waals surface area contributed by atoms with E-state index < -0.39 is 0 Å². The highest BCUT2D eigenvalue weighted by molar-refractivity contribution is 6.28. The minimum Gasteiger partial charge on any atom is -0.455 e. The second-order valence-corrected chi connectivity index (χ2v) is 15.6. The smallest absolute Gasteiger partial charge is 0.238 e. The van der Waals surface area contributed by atoms with E-state index in [0.717, 1.165) is 66.0 Å². The number of aromatic nitrogens is 4. The Balaban J connectivity index is 1.09. The van der Waals surface area contributed by atoms with Crippen LogP contribution >= 0.6 is 0 Å². The van der Waals surface area contributed by atoms with Gasteiger partial charge in [0.15, 0.2) is 11.6 Å². The third-order valence-corrected chi connectivity index (χ3v) is 12.2. The molecule has 0 amide bonds. The molecule has 278 valence electrons. The summed E-state index contributed by atoms with van der Waals surface area (Å²) in [5.41, 5.74) is 7.79. The van der Waals surface area contributed by atoms with Crippen LogP contribution in [-0.4, -0.2) is 19.5 Å². The Bertz CT molecular complexity index is 3800. The van der Waals surface area contributed by atoms with Crippen LogP contribution in [0.3, 0.4) is 0 Å². The fourth-order valence-electron chi connectivity index (χ4n) is 9.40. The lowest BCUT2D eigenvalue weighted by molar-refractivity contribution is 0.672. The van der Waals surface area contributed by atoms with Crippen molar-refractivity contribution >= 4 is 86.8 Å². The van der Waals surface area contributed by atoms with E-state index in [1.54, 1.807) is 0 Å². The van der Waals surface area contributed by atoms with Gasteiger partial charge in [0, 0.05) is 38.1 Å². The quantitative estimate of drug-likeness (QED) is 0.179. The Morgan fingerprint density at radius 3 is 1.62 bits per heavy atom. The summed E-state index contributed by atoms with van der Waals surface area (Å²) in [4.78, 5) is 16.1. The van der Waals surface area contributed by atoms with Crippen LogP contribution in [0.15, 0.2) is 199 Å². The van der Waals surface area contributed by atoms with Crippen LogP contribution < -0.4 is 0 Å². The molecule has 3 heterocycles. The summed E-state index contributed by atoms with van der Waals surface area (Å²) in [6, 6.07) is 68.6. The molecule has 0 spiro atoms. The van der Waals surface area contributed by atoms with E-state index >= 15 is 0 Å². The molecule has 13 rings (SSSR count). The molecule has 0 N–H and O–H groups in total. The van der Waals surface area contributed by atoms with E-state index in [4.69, 9.17) is 19.4 Å². The molecule has 13 aromatic rings. The minimum absolute atomic E-state index is 0.550. The lowest BCUT2D eigenvalue weighted by Crippen LogP contribution is -2.06. The zero-order valence-corrected chi connectivity index (χ0v) is 32.2. The third-order valence-electron chi connectivity index (χ3n) is 12.2. The summed E-state index contributed by atoms with van der Waals surface area (Å²) in [5.74, 6) is 1.72. The van der Waals surface area contributed by atoms with Gasteiger partial charge in [0.1, 0.15) is 11.2 Å². The molecule has 0 saturated carbocycles. The SMILES string of the molecule is c1ccc2cc(-c3ccc(-c4nc(-c5cccc6oc7c8ccccc8ccc7c56)nc(-n5c6ccc7ccccc7c6c6c7ccccc7ccc65)n4)cc3)ccc2c1. The zero-order chi connectivity index (χ0) is 39.3. The van der Waals surface area contributed by atoms with Gasteiger partial charge in [0.2, 0.25) is 5.95 Å². The first-order chi connectivity index (χ1) is 29.7. The molecular weight excluding hydrogens is 733 g/mol. The van der Waals surface area contributed by atoms with Crippen molar-refractivity contribution in [1.29, 1.82) is 0 Å². The van der Waals surface area contributed by atoms with Crippen molar-refractivity contribution in [3.63, 3.8) is 0 Å². The van der Waals surface area contributed by atoms with Crippen molar-refractivity contribution in [1.82, 2.24) is 19.5 Å². The molecule has 0 atom stereocenters. The molecule has 0 bridgehead atoms. The van der Waals surface area contributed by atoms with Gasteiger partial charge in [-0.3, -0.25) is 4.57 Å². The number of rotatable bonds is 4. The van der Waals surface area contributed by atoms with Crippen molar-refractivity contribution in [2.45, 2.75) is 0 Å². The molecule has 3 aromatic heterocycles. The maximum atomic E-state index is 6.65. The van der Waals surface area contributed by atoms with Crippen molar-refractivity contribution in [3.8, 4) is 39.9 Å². The number of hydrogen-bond donors (Lipinski definition) is 0. The summed E-state index contributed by atoms with van der Waals surface area (Å²) in [5, 5.41) is 13.8. The molecule has 0 aliphatic carbocycles. The predicted molar refractivity (Wildman–Crippen MR) is 248 cm³/mol. The number of benzene rings is 10. The highest BCUT2D eigenvalue weighted by Crippen LogP contribution is 2.42. The fraction of sp³-hybridized carbons (Fsp3) is 0. The first-order valence-corrected chi connectivity index (χ1v) is 20.3. The Hall–Kier alpha value is -8.15. The van der Waals surface area contributed by atoms with E-state index in [1.165, 1.54) is 43.1 Å². The number of furan rings is 1. The zero-order valence-electron chi connectivity index (χ0n) is 32.2. The highest BCUT2D eigenvalue weighted by atomic mass is 16.3. The Kier molecular flexibility index (Phi) is 6.95. The number of fused-ring (bicyclic) bond motifs is 13. The predicted octanol–water partition coefficient (Wildman–Crippen LogP) is 14.5. The minimum atomic E-state index is 0.550. The number of hydrogen-bond acceptors (Lipinski definition) is 4.